The summed E-state index contributed by atoms with van der Waals surface area (Å²) in [4.78, 5) is 14.2. The first-order valence-electron chi connectivity index (χ1n) is 4.10. The molecule has 0 bridgehead atoms. The van der Waals surface area contributed by atoms with Crippen LogP contribution in [0.2, 0.25) is 0 Å². The Kier molecular flexibility index (Phi) is 2.00. The zero-order chi connectivity index (χ0) is 9.42. The molecular formula is C9H9BrN2O. The summed E-state index contributed by atoms with van der Waals surface area (Å²) in [6, 6.07) is 1.94. The largest absolute Gasteiger partial charge is 0.343 e. The second-order valence-electron chi connectivity index (χ2n) is 2.83. The third-order valence-electron chi connectivity index (χ3n) is 2.11. The van der Waals surface area contributed by atoms with Gasteiger partial charge >= 0.3 is 0 Å². The van der Waals surface area contributed by atoms with Crippen molar-refractivity contribution in [2.75, 3.05) is 0 Å². The zero-order valence-electron chi connectivity index (χ0n) is 7.17. The lowest BCUT2D eigenvalue weighted by atomic mass is 10.3. The summed E-state index contributed by atoms with van der Waals surface area (Å²) in [6.07, 6.45) is 3.59. The zero-order valence-corrected chi connectivity index (χ0v) is 8.76. The van der Waals surface area contributed by atoms with Gasteiger partial charge < -0.3 is 9.55 Å². The van der Waals surface area contributed by atoms with Crippen molar-refractivity contribution in [1.82, 2.24) is 9.55 Å². The lowest BCUT2D eigenvalue weighted by Gasteiger charge is -1.99. The van der Waals surface area contributed by atoms with Crippen molar-refractivity contribution < 1.29 is 0 Å². The highest BCUT2D eigenvalue weighted by molar-refractivity contribution is 9.10. The van der Waals surface area contributed by atoms with Crippen molar-refractivity contribution in [2.24, 2.45) is 0 Å². The molecule has 0 atom stereocenters. The fraction of sp³-hybridized carbons (Fsp3) is 0.222. The van der Waals surface area contributed by atoms with E-state index < -0.39 is 0 Å². The van der Waals surface area contributed by atoms with Crippen molar-refractivity contribution in [1.29, 1.82) is 0 Å². The molecule has 13 heavy (non-hydrogen) atoms. The number of halogens is 1. The molecule has 2 aromatic rings. The van der Waals surface area contributed by atoms with Crippen LogP contribution in [0.15, 0.2) is 27.7 Å². The topological polar surface area (TPSA) is 37.8 Å². The highest BCUT2D eigenvalue weighted by Crippen LogP contribution is 2.20. The number of hydrogen-bond donors (Lipinski definition) is 1. The number of pyridine rings is 1. The van der Waals surface area contributed by atoms with Crippen LogP contribution in [0, 0.1) is 0 Å². The van der Waals surface area contributed by atoms with Crippen molar-refractivity contribution in [3.8, 4) is 0 Å². The molecule has 68 valence electrons. The van der Waals surface area contributed by atoms with Gasteiger partial charge in [0.15, 0.2) is 0 Å². The Morgan fingerprint density at radius 2 is 2.38 bits per heavy atom. The highest BCUT2D eigenvalue weighted by Gasteiger charge is 2.06. The molecule has 0 fully saturated rings. The molecule has 0 aliphatic heterocycles. The number of H-pyrrole nitrogens is 1. The molecule has 0 saturated heterocycles. The fourth-order valence-corrected chi connectivity index (χ4v) is 1.89. The van der Waals surface area contributed by atoms with E-state index >= 15 is 0 Å². The molecule has 0 aromatic carbocycles. The highest BCUT2D eigenvalue weighted by atomic mass is 79.9. The maximum Gasteiger partial charge on any atom is 0.272 e. The molecule has 0 radical (unpaired) electrons. The number of aromatic nitrogens is 2. The third-order valence-corrected chi connectivity index (χ3v) is 2.76. The third kappa shape index (κ3) is 1.21. The predicted molar refractivity (Wildman–Crippen MR) is 55.9 cm³/mol. The van der Waals surface area contributed by atoms with Gasteiger partial charge in [-0.1, -0.05) is 0 Å². The lowest BCUT2D eigenvalue weighted by Crippen LogP contribution is -2.09. The molecule has 4 heteroatoms. The molecular weight excluding hydrogens is 232 g/mol. The van der Waals surface area contributed by atoms with Gasteiger partial charge in [0.2, 0.25) is 0 Å². The Morgan fingerprint density at radius 3 is 3.08 bits per heavy atom. The molecule has 0 saturated carbocycles. The molecule has 2 rings (SSSR count). The van der Waals surface area contributed by atoms with Crippen LogP contribution in [-0.2, 0) is 6.54 Å². The summed E-state index contributed by atoms with van der Waals surface area (Å²) in [7, 11) is 0. The smallest absolute Gasteiger partial charge is 0.272 e. The van der Waals surface area contributed by atoms with Crippen molar-refractivity contribution in [3.05, 3.63) is 33.3 Å². The first-order valence-corrected chi connectivity index (χ1v) is 4.89. The second kappa shape index (κ2) is 3.03. The number of aromatic amines is 1. The summed E-state index contributed by atoms with van der Waals surface area (Å²) < 4.78 is 2.85. The summed E-state index contributed by atoms with van der Waals surface area (Å²) in [5.41, 5.74) is 0.696. The van der Waals surface area contributed by atoms with Crippen LogP contribution >= 0.6 is 15.9 Å². The average Bonchev–Trinajstić information content (AvgIpc) is 2.56. The number of aryl methyl sites for hydroxylation is 1. The molecule has 2 aromatic heterocycles. The van der Waals surface area contributed by atoms with E-state index in [0.717, 1.165) is 21.9 Å². The van der Waals surface area contributed by atoms with Gasteiger partial charge in [-0.3, -0.25) is 4.79 Å². The Labute approximate surface area is 83.5 Å². The number of nitrogens with zero attached hydrogens (tertiary/aromatic N) is 1. The lowest BCUT2D eigenvalue weighted by molar-refractivity contribution is 0.793. The van der Waals surface area contributed by atoms with Crippen LogP contribution in [0.3, 0.4) is 0 Å². The first-order chi connectivity index (χ1) is 6.24. The van der Waals surface area contributed by atoms with Gasteiger partial charge in [0.25, 0.3) is 5.56 Å². The standard InChI is InChI=1S/C9H9BrN2O/c1-2-12-4-3-6-7(10)5-11-9(13)8(6)12/h3-5H,2H2,1H3,(H,11,13). The number of hydrogen-bond acceptors (Lipinski definition) is 1. The van der Waals surface area contributed by atoms with E-state index in [2.05, 4.69) is 20.9 Å². The van der Waals surface area contributed by atoms with Crippen LogP contribution in [0.25, 0.3) is 10.9 Å². The summed E-state index contributed by atoms with van der Waals surface area (Å²) in [5, 5.41) is 0.964. The van der Waals surface area contributed by atoms with E-state index in [1.54, 1.807) is 6.20 Å². The van der Waals surface area contributed by atoms with Gasteiger partial charge in [-0.05, 0) is 28.9 Å². The minimum Gasteiger partial charge on any atom is -0.343 e. The number of nitrogens with one attached hydrogen (secondary N) is 1. The number of rotatable bonds is 1. The van der Waals surface area contributed by atoms with E-state index in [9.17, 15) is 4.79 Å². The van der Waals surface area contributed by atoms with Gasteiger partial charge in [-0.15, -0.1) is 0 Å². The first kappa shape index (κ1) is 8.56. The fourth-order valence-electron chi connectivity index (χ4n) is 1.46. The summed E-state index contributed by atoms with van der Waals surface area (Å²) >= 11 is 3.39. The van der Waals surface area contributed by atoms with Crippen LogP contribution in [0.5, 0.6) is 0 Å². The molecule has 0 aliphatic carbocycles. The summed E-state index contributed by atoms with van der Waals surface area (Å²) in [5.74, 6) is 0. The van der Waals surface area contributed by atoms with E-state index in [4.69, 9.17) is 0 Å². The van der Waals surface area contributed by atoms with Crippen LogP contribution in [-0.4, -0.2) is 9.55 Å². The van der Waals surface area contributed by atoms with Gasteiger partial charge in [-0.25, -0.2) is 0 Å². The molecule has 3 nitrogen and oxygen atoms in total. The molecule has 0 amide bonds. The van der Waals surface area contributed by atoms with Crippen molar-refractivity contribution >= 4 is 26.8 Å². The molecule has 1 N–H and O–H groups in total. The van der Waals surface area contributed by atoms with E-state index in [-0.39, 0.29) is 5.56 Å². The van der Waals surface area contributed by atoms with Crippen LogP contribution in [0.4, 0.5) is 0 Å². The number of fused-ring (bicyclic) bond motifs is 1. The van der Waals surface area contributed by atoms with Gasteiger partial charge in [0.1, 0.15) is 5.52 Å². The second-order valence-corrected chi connectivity index (χ2v) is 3.68. The average molecular weight is 241 g/mol. The van der Waals surface area contributed by atoms with Crippen molar-refractivity contribution in [3.63, 3.8) is 0 Å². The predicted octanol–water partition coefficient (Wildman–Crippen LogP) is 2.11. The van der Waals surface area contributed by atoms with Crippen LogP contribution in [0.1, 0.15) is 6.92 Å². The monoisotopic (exact) mass is 240 g/mol. The summed E-state index contributed by atoms with van der Waals surface area (Å²) in [6.45, 7) is 2.82. The SMILES string of the molecule is CCn1ccc2c(Br)c[nH]c(=O)c21. The normalized spacial score (nSPS) is 10.9. The Bertz CT molecular complexity index is 498. The minimum atomic E-state index is -0.0370. The quantitative estimate of drug-likeness (QED) is 0.815. The molecule has 0 spiro atoms. The minimum absolute atomic E-state index is 0.0370. The Morgan fingerprint density at radius 1 is 1.62 bits per heavy atom. The van der Waals surface area contributed by atoms with Gasteiger partial charge in [0.05, 0.1) is 0 Å². The van der Waals surface area contributed by atoms with E-state index in [1.165, 1.54) is 0 Å². The molecule has 0 aliphatic rings. The van der Waals surface area contributed by atoms with Crippen molar-refractivity contribution in [2.45, 2.75) is 13.5 Å². The van der Waals surface area contributed by atoms with E-state index in [0.29, 0.717) is 0 Å². The molecule has 0 unspecified atom stereocenters. The Hall–Kier alpha value is -1.03. The van der Waals surface area contributed by atoms with E-state index in [1.807, 2.05) is 23.8 Å². The maximum atomic E-state index is 11.5. The van der Waals surface area contributed by atoms with Gasteiger partial charge in [-0.2, -0.15) is 0 Å². The van der Waals surface area contributed by atoms with Crippen LogP contribution < -0.4 is 5.56 Å². The Balaban J connectivity index is 2.96. The van der Waals surface area contributed by atoms with Gasteiger partial charge in [0, 0.05) is 28.8 Å². The molecule has 2 heterocycles. The maximum absolute atomic E-state index is 11.5.